The van der Waals surface area contributed by atoms with E-state index in [2.05, 4.69) is 13.8 Å². The van der Waals surface area contributed by atoms with Crippen molar-refractivity contribution in [2.24, 2.45) is 17.3 Å². The summed E-state index contributed by atoms with van der Waals surface area (Å²) in [6.07, 6.45) is 16.1. The highest BCUT2D eigenvalue weighted by Crippen LogP contribution is 2.48. The van der Waals surface area contributed by atoms with Crippen LogP contribution in [-0.2, 0) is 18.9 Å². The fraction of sp³-hybridized carbons (Fsp3) is 1.00. The van der Waals surface area contributed by atoms with Crippen molar-refractivity contribution in [3.63, 3.8) is 0 Å². The summed E-state index contributed by atoms with van der Waals surface area (Å²) in [5.74, 6) is 1.39. The minimum atomic E-state index is 0.268. The van der Waals surface area contributed by atoms with E-state index in [1.807, 2.05) is 0 Å². The summed E-state index contributed by atoms with van der Waals surface area (Å²) >= 11 is 0. The monoisotopic (exact) mass is 394 g/mol. The van der Waals surface area contributed by atoms with E-state index in [1.165, 1.54) is 70.6 Å². The summed E-state index contributed by atoms with van der Waals surface area (Å²) in [7, 11) is 0. The minimum absolute atomic E-state index is 0.268. The van der Waals surface area contributed by atoms with Crippen LogP contribution < -0.4 is 0 Å². The van der Waals surface area contributed by atoms with Gasteiger partial charge in [-0.05, 0) is 55.8 Å². The molecule has 0 bridgehead atoms. The molecule has 6 atom stereocenters. The Morgan fingerprint density at radius 3 is 2.04 bits per heavy atom. The number of hydrogen-bond acceptors (Lipinski definition) is 4. The van der Waals surface area contributed by atoms with Crippen molar-refractivity contribution in [2.75, 3.05) is 26.4 Å². The molecular formula is C24H42O4. The largest absolute Gasteiger partial charge is 0.375 e. The van der Waals surface area contributed by atoms with Crippen LogP contribution in [0.1, 0.15) is 84.5 Å². The molecule has 4 fully saturated rings. The van der Waals surface area contributed by atoms with Crippen molar-refractivity contribution in [3.8, 4) is 0 Å². The maximum absolute atomic E-state index is 6.59. The van der Waals surface area contributed by atoms with Gasteiger partial charge < -0.3 is 18.9 Å². The van der Waals surface area contributed by atoms with Gasteiger partial charge in [-0.2, -0.15) is 0 Å². The molecule has 28 heavy (non-hydrogen) atoms. The van der Waals surface area contributed by atoms with E-state index in [-0.39, 0.29) is 5.41 Å². The molecule has 4 heteroatoms. The molecule has 162 valence electrons. The van der Waals surface area contributed by atoms with Crippen molar-refractivity contribution >= 4 is 0 Å². The lowest BCUT2D eigenvalue weighted by Crippen LogP contribution is -2.45. The van der Waals surface area contributed by atoms with Gasteiger partial charge in [-0.15, -0.1) is 0 Å². The van der Waals surface area contributed by atoms with E-state index in [0.717, 1.165) is 32.3 Å². The second-order valence-corrected chi connectivity index (χ2v) is 10.2. The van der Waals surface area contributed by atoms with Gasteiger partial charge >= 0.3 is 0 Å². The third-order valence-corrected chi connectivity index (χ3v) is 8.04. The number of epoxide rings is 2. The lowest BCUT2D eigenvalue weighted by atomic mass is 9.62. The maximum Gasteiger partial charge on any atom is 0.104 e. The van der Waals surface area contributed by atoms with Crippen molar-refractivity contribution in [2.45, 2.75) is 109 Å². The Kier molecular flexibility index (Phi) is 7.35. The molecule has 2 saturated carbocycles. The second-order valence-electron chi connectivity index (χ2n) is 10.2. The first-order chi connectivity index (χ1) is 13.6. The van der Waals surface area contributed by atoms with Crippen LogP contribution in [0.25, 0.3) is 0 Å². The van der Waals surface area contributed by atoms with Gasteiger partial charge in [0.15, 0.2) is 0 Å². The third-order valence-electron chi connectivity index (χ3n) is 8.04. The lowest BCUT2D eigenvalue weighted by molar-refractivity contribution is -0.105. The molecule has 0 radical (unpaired) electrons. The van der Waals surface area contributed by atoms with Gasteiger partial charge in [0.1, 0.15) is 12.2 Å². The van der Waals surface area contributed by atoms with Crippen molar-refractivity contribution in [1.29, 1.82) is 0 Å². The van der Waals surface area contributed by atoms with Gasteiger partial charge in [-0.25, -0.2) is 0 Å². The summed E-state index contributed by atoms with van der Waals surface area (Å²) in [5.41, 5.74) is 0.268. The van der Waals surface area contributed by atoms with Crippen LogP contribution >= 0.6 is 0 Å². The maximum atomic E-state index is 6.59. The van der Waals surface area contributed by atoms with Crippen LogP contribution in [0.15, 0.2) is 0 Å². The van der Waals surface area contributed by atoms with Crippen LogP contribution in [0.5, 0.6) is 0 Å². The Balaban J connectivity index is 1.44. The Bertz CT molecular complexity index is 467. The quantitative estimate of drug-likeness (QED) is 0.561. The van der Waals surface area contributed by atoms with Crippen LogP contribution in [0.4, 0.5) is 0 Å². The van der Waals surface area contributed by atoms with E-state index in [0.29, 0.717) is 30.3 Å². The molecule has 0 aromatic rings. The smallest absolute Gasteiger partial charge is 0.104 e. The molecule has 4 nitrogen and oxygen atoms in total. The molecule has 0 amide bonds. The molecule has 2 saturated heterocycles. The molecule has 4 aliphatic rings. The molecule has 4 rings (SSSR count). The van der Waals surface area contributed by atoms with Gasteiger partial charge in [0, 0.05) is 0 Å². The topological polar surface area (TPSA) is 43.5 Å². The highest BCUT2D eigenvalue weighted by Gasteiger charge is 2.44. The average molecular weight is 395 g/mol. The first kappa shape index (κ1) is 21.1. The zero-order valence-corrected chi connectivity index (χ0v) is 18.2. The van der Waals surface area contributed by atoms with Crippen molar-refractivity contribution in [3.05, 3.63) is 0 Å². The minimum Gasteiger partial charge on any atom is -0.375 e. The molecule has 2 aliphatic heterocycles. The lowest BCUT2D eigenvalue weighted by Gasteiger charge is -2.47. The summed E-state index contributed by atoms with van der Waals surface area (Å²) in [4.78, 5) is 0. The molecule has 0 N–H and O–H groups in total. The number of ether oxygens (including phenoxy) is 4. The van der Waals surface area contributed by atoms with Gasteiger partial charge in [-0.1, -0.05) is 46.0 Å². The number of hydrogen-bond donors (Lipinski definition) is 0. The van der Waals surface area contributed by atoms with Gasteiger partial charge in [-0.3, -0.25) is 0 Å². The standard InChI is InChI=1S/C24H42O4/c1-18-10-11-23(28-17-21-15-26-21)24(2,19-8-6-4-3-5-7-9-19)13-12-22(18)27-16-20-14-25-20/h18-23H,3-17H2,1-2H3. The van der Waals surface area contributed by atoms with E-state index in [4.69, 9.17) is 18.9 Å². The summed E-state index contributed by atoms with van der Waals surface area (Å²) in [6, 6.07) is 0. The van der Waals surface area contributed by atoms with E-state index in [1.54, 1.807) is 0 Å². The first-order valence-electron chi connectivity index (χ1n) is 12.1. The fourth-order valence-corrected chi connectivity index (χ4v) is 5.72. The SMILES string of the molecule is CC1CCC(OCC2CO2)C(C)(C2CCCCCCC2)CCC1OCC1CO1. The molecule has 0 spiro atoms. The first-order valence-corrected chi connectivity index (χ1v) is 12.1. The van der Waals surface area contributed by atoms with E-state index < -0.39 is 0 Å². The number of rotatable bonds is 7. The molecular weight excluding hydrogens is 352 g/mol. The fourth-order valence-electron chi connectivity index (χ4n) is 5.72. The van der Waals surface area contributed by atoms with Gasteiger partial charge in [0.05, 0.1) is 38.6 Å². The van der Waals surface area contributed by atoms with Crippen LogP contribution in [0.3, 0.4) is 0 Å². The van der Waals surface area contributed by atoms with Gasteiger partial charge in [0.2, 0.25) is 0 Å². The predicted molar refractivity (Wildman–Crippen MR) is 111 cm³/mol. The summed E-state index contributed by atoms with van der Waals surface area (Å²) < 4.78 is 23.7. The van der Waals surface area contributed by atoms with Crippen LogP contribution in [0.2, 0.25) is 0 Å². The van der Waals surface area contributed by atoms with Gasteiger partial charge in [0.25, 0.3) is 0 Å². The van der Waals surface area contributed by atoms with E-state index in [9.17, 15) is 0 Å². The molecule has 2 heterocycles. The Hall–Kier alpha value is -0.160. The Morgan fingerprint density at radius 2 is 1.39 bits per heavy atom. The molecule has 0 aromatic carbocycles. The van der Waals surface area contributed by atoms with Crippen molar-refractivity contribution in [1.82, 2.24) is 0 Å². The molecule has 6 unspecified atom stereocenters. The van der Waals surface area contributed by atoms with E-state index >= 15 is 0 Å². The zero-order valence-electron chi connectivity index (χ0n) is 18.2. The third kappa shape index (κ3) is 5.71. The average Bonchev–Trinajstić information content (AvgIpc) is 3.54. The van der Waals surface area contributed by atoms with Crippen molar-refractivity contribution < 1.29 is 18.9 Å². The Morgan fingerprint density at radius 1 is 0.786 bits per heavy atom. The molecule has 0 aromatic heterocycles. The normalized spacial score (nSPS) is 42.9. The molecule has 2 aliphatic carbocycles. The van der Waals surface area contributed by atoms with Crippen LogP contribution in [-0.4, -0.2) is 50.8 Å². The predicted octanol–water partition coefficient (Wildman–Crippen LogP) is 5.13. The highest BCUT2D eigenvalue weighted by molar-refractivity contribution is 4.94. The highest BCUT2D eigenvalue weighted by atomic mass is 16.6. The second kappa shape index (κ2) is 9.76. The van der Waals surface area contributed by atoms with Crippen LogP contribution in [0, 0.1) is 17.3 Å². The Labute approximate surface area is 172 Å². The zero-order chi connectivity index (χ0) is 19.4. The summed E-state index contributed by atoms with van der Waals surface area (Å²) in [6.45, 7) is 8.28. The summed E-state index contributed by atoms with van der Waals surface area (Å²) in [5, 5.41) is 0.